The van der Waals surface area contributed by atoms with Crippen LogP contribution in [0, 0.1) is 5.41 Å². The van der Waals surface area contributed by atoms with Crippen LogP contribution in [-0.2, 0) is 0 Å². The Morgan fingerprint density at radius 2 is 1.65 bits per heavy atom. The number of likely N-dealkylation sites (tertiary alicyclic amines) is 1. The Kier molecular flexibility index (Phi) is 5.03. The summed E-state index contributed by atoms with van der Waals surface area (Å²) in [4.78, 5) is 2.64. The molecule has 1 rings (SSSR count). The maximum absolute atomic E-state index is 6.20. The molecular weight excluding hydrogens is 208 g/mol. The van der Waals surface area contributed by atoms with E-state index in [0.717, 1.165) is 6.42 Å². The molecule has 1 aliphatic rings. The molecule has 1 saturated heterocycles. The first-order valence-electron chi connectivity index (χ1n) is 7.44. The minimum Gasteiger partial charge on any atom is -0.326 e. The largest absolute Gasteiger partial charge is 0.326 e. The van der Waals surface area contributed by atoms with E-state index in [-0.39, 0.29) is 11.6 Å². The van der Waals surface area contributed by atoms with Gasteiger partial charge in [0.25, 0.3) is 0 Å². The van der Waals surface area contributed by atoms with Crippen LogP contribution in [-0.4, -0.2) is 29.6 Å². The first-order valence-corrected chi connectivity index (χ1v) is 7.44. The average molecular weight is 240 g/mol. The van der Waals surface area contributed by atoms with Crippen LogP contribution < -0.4 is 5.73 Å². The maximum Gasteiger partial charge on any atom is 0.0326 e. The molecule has 0 amide bonds. The maximum atomic E-state index is 6.20. The standard InChI is InChI=1S/C15H32N2/c1-6-14(5,13(4)16)17-11-9-15(7-2,8-3)10-12-17/h13H,6-12,16H2,1-5H3. The fourth-order valence-corrected chi connectivity index (χ4v) is 3.28. The Morgan fingerprint density at radius 1 is 1.18 bits per heavy atom. The van der Waals surface area contributed by atoms with Gasteiger partial charge < -0.3 is 5.73 Å². The van der Waals surface area contributed by atoms with Gasteiger partial charge in [-0.3, -0.25) is 4.90 Å². The molecule has 17 heavy (non-hydrogen) atoms. The van der Waals surface area contributed by atoms with Gasteiger partial charge in [0.05, 0.1) is 0 Å². The number of piperidine rings is 1. The zero-order valence-electron chi connectivity index (χ0n) is 12.6. The molecule has 102 valence electrons. The van der Waals surface area contributed by atoms with E-state index in [4.69, 9.17) is 5.73 Å². The van der Waals surface area contributed by atoms with Gasteiger partial charge in [0.15, 0.2) is 0 Å². The molecule has 2 atom stereocenters. The second kappa shape index (κ2) is 5.71. The summed E-state index contributed by atoms with van der Waals surface area (Å²) in [5, 5.41) is 0. The van der Waals surface area contributed by atoms with Crippen molar-refractivity contribution in [1.29, 1.82) is 0 Å². The molecule has 2 heteroatoms. The third-order valence-corrected chi connectivity index (χ3v) is 5.74. The molecule has 0 saturated carbocycles. The minimum atomic E-state index is 0.188. The molecular formula is C15H32N2. The molecule has 1 heterocycles. The molecule has 1 fully saturated rings. The second-order valence-electron chi connectivity index (χ2n) is 6.19. The molecule has 0 aromatic heterocycles. The number of rotatable bonds is 5. The quantitative estimate of drug-likeness (QED) is 0.798. The van der Waals surface area contributed by atoms with Crippen molar-refractivity contribution in [2.24, 2.45) is 11.1 Å². The normalized spacial score (nSPS) is 26.5. The van der Waals surface area contributed by atoms with Gasteiger partial charge in [0.2, 0.25) is 0 Å². The molecule has 0 spiro atoms. The lowest BCUT2D eigenvalue weighted by molar-refractivity contribution is 0.00830. The second-order valence-corrected chi connectivity index (χ2v) is 6.19. The Bertz CT molecular complexity index is 223. The molecule has 0 aliphatic carbocycles. The molecule has 2 N–H and O–H groups in total. The van der Waals surface area contributed by atoms with Crippen LogP contribution in [0.5, 0.6) is 0 Å². The first-order chi connectivity index (χ1) is 7.94. The summed E-state index contributed by atoms with van der Waals surface area (Å²) >= 11 is 0. The number of nitrogens with zero attached hydrogens (tertiary/aromatic N) is 1. The highest BCUT2D eigenvalue weighted by Crippen LogP contribution is 2.40. The first kappa shape index (κ1) is 15.0. The van der Waals surface area contributed by atoms with Crippen molar-refractivity contribution >= 4 is 0 Å². The van der Waals surface area contributed by atoms with Crippen molar-refractivity contribution < 1.29 is 0 Å². The van der Waals surface area contributed by atoms with Crippen LogP contribution in [0.25, 0.3) is 0 Å². The van der Waals surface area contributed by atoms with Crippen molar-refractivity contribution in [3.05, 3.63) is 0 Å². The highest BCUT2D eigenvalue weighted by molar-refractivity contribution is 4.96. The Morgan fingerprint density at radius 3 is 1.94 bits per heavy atom. The molecule has 0 aromatic carbocycles. The van der Waals surface area contributed by atoms with Crippen LogP contribution in [0.2, 0.25) is 0 Å². The lowest BCUT2D eigenvalue weighted by Crippen LogP contribution is -2.59. The van der Waals surface area contributed by atoms with E-state index in [9.17, 15) is 0 Å². The smallest absolute Gasteiger partial charge is 0.0326 e. The van der Waals surface area contributed by atoms with E-state index < -0.39 is 0 Å². The van der Waals surface area contributed by atoms with E-state index in [1.165, 1.54) is 38.8 Å². The lowest BCUT2D eigenvalue weighted by Gasteiger charge is -2.50. The summed E-state index contributed by atoms with van der Waals surface area (Å²) < 4.78 is 0. The van der Waals surface area contributed by atoms with Crippen molar-refractivity contribution in [1.82, 2.24) is 4.90 Å². The van der Waals surface area contributed by atoms with E-state index in [1.807, 2.05) is 0 Å². The third kappa shape index (κ3) is 2.85. The van der Waals surface area contributed by atoms with Gasteiger partial charge in [-0.05, 0) is 51.6 Å². The van der Waals surface area contributed by atoms with Crippen molar-refractivity contribution in [2.75, 3.05) is 13.1 Å². The zero-order valence-corrected chi connectivity index (χ0v) is 12.6. The van der Waals surface area contributed by atoms with Crippen molar-refractivity contribution in [3.63, 3.8) is 0 Å². The van der Waals surface area contributed by atoms with Gasteiger partial charge in [-0.2, -0.15) is 0 Å². The monoisotopic (exact) mass is 240 g/mol. The highest BCUT2D eigenvalue weighted by Gasteiger charge is 2.39. The fourth-order valence-electron chi connectivity index (χ4n) is 3.28. The van der Waals surface area contributed by atoms with Crippen molar-refractivity contribution in [3.8, 4) is 0 Å². The van der Waals surface area contributed by atoms with Gasteiger partial charge in [0.1, 0.15) is 0 Å². The number of hydrogen-bond acceptors (Lipinski definition) is 2. The average Bonchev–Trinajstić information content (AvgIpc) is 2.37. The lowest BCUT2D eigenvalue weighted by atomic mass is 9.72. The molecule has 2 unspecified atom stereocenters. The summed E-state index contributed by atoms with van der Waals surface area (Å²) in [6, 6.07) is 0.253. The summed E-state index contributed by atoms with van der Waals surface area (Å²) in [5.41, 5.74) is 7.01. The SMILES string of the molecule is CCC1(CC)CCN(C(C)(CC)C(C)N)CC1. The van der Waals surface area contributed by atoms with E-state index in [1.54, 1.807) is 0 Å². The Balaban J connectivity index is 2.68. The minimum absolute atomic E-state index is 0.188. The number of hydrogen-bond donors (Lipinski definition) is 1. The van der Waals surface area contributed by atoms with Gasteiger partial charge in [-0.15, -0.1) is 0 Å². The van der Waals surface area contributed by atoms with Gasteiger partial charge in [-0.1, -0.05) is 33.6 Å². The summed E-state index contributed by atoms with van der Waals surface area (Å²) in [6.07, 6.45) is 6.51. The molecule has 0 aromatic rings. The van der Waals surface area contributed by atoms with Crippen LogP contribution in [0.1, 0.15) is 66.7 Å². The topological polar surface area (TPSA) is 29.3 Å². The van der Waals surface area contributed by atoms with Crippen LogP contribution >= 0.6 is 0 Å². The third-order valence-electron chi connectivity index (χ3n) is 5.74. The van der Waals surface area contributed by atoms with E-state index in [0.29, 0.717) is 5.41 Å². The van der Waals surface area contributed by atoms with Gasteiger partial charge >= 0.3 is 0 Å². The Labute approximate surface area is 108 Å². The van der Waals surface area contributed by atoms with E-state index in [2.05, 4.69) is 39.5 Å². The van der Waals surface area contributed by atoms with E-state index >= 15 is 0 Å². The van der Waals surface area contributed by atoms with Gasteiger partial charge in [0, 0.05) is 11.6 Å². The molecule has 2 nitrogen and oxygen atoms in total. The Hall–Kier alpha value is -0.0800. The highest BCUT2D eigenvalue weighted by atomic mass is 15.2. The van der Waals surface area contributed by atoms with Crippen molar-refractivity contribution in [2.45, 2.75) is 78.3 Å². The summed E-state index contributed by atoms with van der Waals surface area (Å²) in [6.45, 7) is 13.9. The number of nitrogens with two attached hydrogens (primary N) is 1. The summed E-state index contributed by atoms with van der Waals surface area (Å²) in [5.74, 6) is 0. The molecule has 1 aliphatic heterocycles. The summed E-state index contributed by atoms with van der Waals surface area (Å²) in [7, 11) is 0. The molecule has 0 bridgehead atoms. The predicted octanol–water partition coefficient (Wildman–Crippen LogP) is 3.40. The van der Waals surface area contributed by atoms with Crippen LogP contribution in [0.15, 0.2) is 0 Å². The molecule has 0 radical (unpaired) electrons. The van der Waals surface area contributed by atoms with Crippen LogP contribution in [0.4, 0.5) is 0 Å². The van der Waals surface area contributed by atoms with Gasteiger partial charge in [-0.25, -0.2) is 0 Å². The fraction of sp³-hybridized carbons (Fsp3) is 1.00. The predicted molar refractivity (Wildman–Crippen MR) is 76.2 cm³/mol. The van der Waals surface area contributed by atoms with Crippen LogP contribution in [0.3, 0.4) is 0 Å². The zero-order chi connectivity index (χ0) is 13.1.